The van der Waals surface area contributed by atoms with E-state index >= 15 is 0 Å². The number of hydrogen-bond donors (Lipinski definition) is 2. The van der Waals surface area contributed by atoms with Gasteiger partial charge in [-0.3, -0.25) is 4.57 Å². The number of ether oxygens (including phenoxy) is 1. The Morgan fingerprint density at radius 2 is 2.10 bits per heavy atom. The van der Waals surface area contributed by atoms with E-state index in [2.05, 4.69) is 10.8 Å². The van der Waals surface area contributed by atoms with Gasteiger partial charge in [0, 0.05) is 11.7 Å². The molecule has 1 aliphatic heterocycles. The van der Waals surface area contributed by atoms with Crippen LogP contribution in [0.25, 0.3) is 0 Å². The van der Waals surface area contributed by atoms with Crippen molar-refractivity contribution in [3.63, 3.8) is 0 Å². The van der Waals surface area contributed by atoms with Crippen molar-refractivity contribution < 1.29 is 18.7 Å². The van der Waals surface area contributed by atoms with Gasteiger partial charge in [0.15, 0.2) is 0 Å². The van der Waals surface area contributed by atoms with Gasteiger partial charge in [-0.25, -0.2) is 0 Å². The Bertz CT molecular complexity index is 463. The smallest absolute Gasteiger partial charge is 0.229 e. The first-order chi connectivity index (χ1) is 9.96. The number of nitrogens with two attached hydrogens (primary N) is 1. The van der Waals surface area contributed by atoms with Crippen molar-refractivity contribution in [3.8, 4) is 0 Å². The van der Waals surface area contributed by atoms with E-state index in [-0.39, 0.29) is 24.6 Å². The first-order valence-electron chi connectivity index (χ1n) is 6.74. The summed E-state index contributed by atoms with van der Waals surface area (Å²) in [7, 11) is 3.00. The van der Waals surface area contributed by atoms with E-state index in [9.17, 15) is 9.46 Å². The van der Waals surface area contributed by atoms with Crippen LogP contribution >= 0.6 is 7.75 Å². The van der Waals surface area contributed by atoms with Crippen LogP contribution in [0.3, 0.4) is 0 Å². The van der Waals surface area contributed by atoms with Gasteiger partial charge in [-0.05, 0) is 31.5 Å². The maximum absolute atomic E-state index is 11.8. The molecule has 1 heterocycles. The molecular weight excluding hydrogens is 290 g/mol. The van der Waals surface area contributed by atoms with E-state index in [1.807, 2.05) is 6.92 Å². The Balaban J connectivity index is 0.00000106. The highest BCUT2D eigenvalue weighted by Crippen LogP contribution is 2.38. The van der Waals surface area contributed by atoms with Crippen molar-refractivity contribution in [1.82, 2.24) is 0 Å². The molecule has 2 unspecified atom stereocenters. The maximum Gasteiger partial charge on any atom is 0.229 e. The normalized spacial score (nSPS) is 27.3. The van der Waals surface area contributed by atoms with Crippen molar-refractivity contribution in [1.29, 1.82) is 0 Å². The van der Waals surface area contributed by atoms with Gasteiger partial charge in [0.05, 0.1) is 12.7 Å². The van der Waals surface area contributed by atoms with Crippen LogP contribution in [0.15, 0.2) is 30.3 Å². The van der Waals surface area contributed by atoms with E-state index in [1.54, 1.807) is 30.3 Å². The third-order valence-electron chi connectivity index (χ3n) is 3.04. The fourth-order valence-electron chi connectivity index (χ4n) is 2.01. The summed E-state index contributed by atoms with van der Waals surface area (Å²) in [6.45, 7) is 1.94. The maximum atomic E-state index is 11.8. The minimum absolute atomic E-state index is 0.0184. The highest BCUT2D eigenvalue weighted by atomic mass is 31.2. The molecule has 4 atom stereocenters. The van der Waals surface area contributed by atoms with E-state index in [0.29, 0.717) is 12.1 Å². The number of para-hydroxylation sites is 1. The Labute approximate surface area is 127 Å². The summed E-state index contributed by atoms with van der Waals surface area (Å²) in [6.07, 6.45) is 0.429. The minimum Gasteiger partial charge on any atom is -0.762 e. The third-order valence-corrected chi connectivity index (χ3v) is 4.06. The summed E-state index contributed by atoms with van der Waals surface area (Å²) >= 11 is 0. The zero-order valence-electron chi connectivity index (χ0n) is 12.3. The van der Waals surface area contributed by atoms with Gasteiger partial charge in [0.2, 0.25) is 7.75 Å². The first-order valence-corrected chi connectivity index (χ1v) is 8.28. The van der Waals surface area contributed by atoms with Crippen molar-refractivity contribution in [2.24, 2.45) is 11.7 Å². The number of anilines is 1. The van der Waals surface area contributed by atoms with Gasteiger partial charge < -0.3 is 25.0 Å². The Kier molecular flexibility index (Phi) is 7.42. The quantitative estimate of drug-likeness (QED) is 0.624. The van der Waals surface area contributed by atoms with Gasteiger partial charge in [0.1, 0.15) is 7.85 Å². The molecule has 0 saturated carbocycles. The molecule has 2 rings (SSSR count). The standard InChI is InChI=1S/C12H17BNO4P.CH5N/c1-9-7-12(13)18-11(9)8-17-19(15,16)14-10-5-3-2-4-6-10;1-2/h2-6,9,11-12H,7-8H2,1H3,(H2,14,15,16);2H2,1H3/p-1/t9?,11-,12-;/m1./s1. The topological polar surface area (TPSA) is 96.6 Å². The van der Waals surface area contributed by atoms with Crippen molar-refractivity contribution in [3.05, 3.63) is 30.3 Å². The SMILES string of the molecule is CN.[B][C@H]1CC(C)[C@@H](COP(=O)([O-])Nc2ccccc2)O1. The molecule has 8 heteroatoms. The number of hydrogen-bond acceptors (Lipinski definition) is 5. The molecule has 1 aromatic carbocycles. The van der Waals surface area contributed by atoms with Gasteiger partial charge in [-0.1, -0.05) is 25.1 Å². The Morgan fingerprint density at radius 3 is 2.62 bits per heavy atom. The average molecular weight is 311 g/mol. The molecule has 116 valence electrons. The van der Waals surface area contributed by atoms with Crippen LogP contribution in [0, 0.1) is 5.92 Å². The van der Waals surface area contributed by atoms with Crippen LogP contribution in [-0.2, 0) is 13.8 Å². The lowest BCUT2D eigenvalue weighted by Crippen LogP contribution is -2.24. The van der Waals surface area contributed by atoms with Crippen molar-refractivity contribution in [2.75, 3.05) is 18.7 Å². The second-order valence-corrected chi connectivity index (χ2v) is 6.17. The second-order valence-electron chi connectivity index (χ2n) is 4.70. The number of rotatable bonds is 5. The molecular formula is C13H21BN2O4P-. The lowest BCUT2D eigenvalue weighted by Gasteiger charge is -2.27. The molecule has 0 aromatic heterocycles. The molecule has 3 N–H and O–H groups in total. The molecule has 1 fully saturated rings. The lowest BCUT2D eigenvalue weighted by molar-refractivity contribution is -0.198. The molecule has 2 radical (unpaired) electrons. The molecule has 21 heavy (non-hydrogen) atoms. The fraction of sp³-hybridized carbons (Fsp3) is 0.538. The molecule has 0 bridgehead atoms. The Hall–Kier alpha value is -0.845. The summed E-state index contributed by atoms with van der Waals surface area (Å²) < 4.78 is 22.1. The van der Waals surface area contributed by atoms with E-state index in [4.69, 9.17) is 17.1 Å². The molecule has 6 nitrogen and oxygen atoms in total. The third kappa shape index (κ3) is 6.20. The average Bonchev–Trinajstić information content (AvgIpc) is 2.78. The first kappa shape index (κ1) is 18.2. The monoisotopic (exact) mass is 311 g/mol. The predicted octanol–water partition coefficient (Wildman–Crippen LogP) is 1.08. The van der Waals surface area contributed by atoms with E-state index in [0.717, 1.165) is 0 Å². The molecule has 1 aromatic rings. The fourth-order valence-corrected chi connectivity index (χ4v) is 2.88. The molecule has 1 aliphatic rings. The summed E-state index contributed by atoms with van der Waals surface area (Å²) in [5.74, 6) is 0.187. The van der Waals surface area contributed by atoms with Gasteiger partial charge >= 0.3 is 0 Å². The van der Waals surface area contributed by atoms with E-state index in [1.165, 1.54) is 7.05 Å². The van der Waals surface area contributed by atoms with Gasteiger partial charge in [0.25, 0.3) is 0 Å². The second kappa shape index (κ2) is 8.56. The van der Waals surface area contributed by atoms with Crippen LogP contribution in [0.1, 0.15) is 13.3 Å². The zero-order chi connectivity index (χ0) is 15.9. The van der Waals surface area contributed by atoms with Crippen LogP contribution in [0.4, 0.5) is 5.69 Å². The number of benzene rings is 1. The van der Waals surface area contributed by atoms with Crippen LogP contribution in [0.5, 0.6) is 0 Å². The van der Waals surface area contributed by atoms with Gasteiger partial charge in [-0.2, -0.15) is 0 Å². The van der Waals surface area contributed by atoms with Crippen molar-refractivity contribution in [2.45, 2.75) is 25.5 Å². The van der Waals surface area contributed by atoms with Crippen LogP contribution < -0.4 is 15.7 Å². The van der Waals surface area contributed by atoms with Crippen LogP contribution in [-0.4, -0.2) is 33.6 Å². The summed E-state index contributed by atoms with van der Waals surface area (Å²) in [4.78, 5) is 11.8. The zero-order valence-corrected chi connectivity index (χ0v) is 13.2. The van der Waals surface area contributed by atoms with E-state index < -0.39 is 7.75 Å². The van der Waals surface area contributed by atoms with Gasteiger partial charge in [-0.15, -0.1) is 0 Å². The molecule has 1 saturated heterocycles. The lowest BCUT2D eigenvalue weighted by atomic mass is 9.92. The molecule has 0 spiro atoms. The number of nitrogens with one attached hydrogen (secondary N) is 1. The summed E-state index contributed by atoms with van der Waals surface area (Å²) in [6, 6.07) is 8.25. The van der Waals surface area contributed by atoms with Crippen molar-refractivity contribution >= 4 is 21.3 Å². The minimum atomic E-state index is -4.13. The molecule has 0 amide bonds. The van der Waals surface area contributed by atoms with Crippen LogP contribution in [0.2, 0.25) is 0 Å². The largest absolute Gasteiger partial charge is 0.762 e. The molecule has 0 aliphatic carbocycles. The highest BCUT2D eigenvalue weighted by molar-refractivity contribution is 7.53. The Morgan fingerprint density at radius 1 is 1.48 bits per heavy atom. The highest BCUT2D eigenvalue weighted by Gasteiger charge is 2.30. The predicted molar refractivity (Wildman–Crippen MR) is 81.9 cm³/mol. The summed E-state index contributed by atoms with van der Waals surface area (Å²) in [5, 5.41) is 2.36. The summed E-state index contributed by atoms with van der Waals surface area (Å²) in [5.41, 5.74) is 4.97.